The highest BCUT2D eigenvalue weighted by atomic mass is 16.5. The van der Waals surface area contributed by atoms with E-state index in [0.717, 1.165) is 19.3 Å². The molecule has 2 heteroatoms. The van der Waals surface area contributed by atoms with Gasteiger partial charge in [-0.2, -0.15) is 0 Å². The predicted octanol–water partition coefficient (Wildman–Crippen LogP) is 2.21. The molecule has 0 aromatic heterocycles. The molecule has 74 valence electrons. The molecule has 0 saturated heterocycles. The Bertz CT molecular complexity index is 93.8. The number of hydrogen-bond acceptors (Lipinski definition) is 2. The first-order valence-electron chi connectivity index (χ1n) is 4.98. The highest BCUT2D eigenvalue weighted by molar-refractivity contribution is 4.64. The summed E-state index contributed by atoms with van der Waals surface area (Å²) in [6.45, 7) is 7.16. The Labute approximate surface area is 75.9 Å². The van der Waals surface area contributed by atoms with Crippen molar-refractivity contribution in [1.82, 2.24) is 0 Å². The number of aliphatic hydroxyl groups excluding tert-OH is 1. The molecule has 2 unspecified atom stereocenters. The van der Waals surface area contributed by atoms with Crippen molar-refractivity contribution in [3.63, 3.8) is 0 Å². The summed E-state index contributed by atoms with van der Waals surface area (Å²) in [6, 6.07) is 0. The third kappa shape index (κ3) is 4.73. The molecule has 2 atom stereocenters. The summed E-state index contributed by atoms with van der Waals surface area (Å²) in [4.78, 5) is 0. The fourth-order valence-electron chi connectivity index (χ4n) is 1.28. The first-order chi connectivity index (χ1) is 5.76. The number of ether oxygens (including phenoxy) is 1. The van der Waals surface area contributed by atoms with E-state index in [1.165, 1.54) is 0 Å². The van der Waals surface area contributed by atoms with Crippen molar-refractivity contribution in [3.05, 3.63) is 0 Å². The average molecular weight is 174 g/mol. The van der Waals surface area contributed by atoms with Crippen LogP contribution in [0.1, 0.15) is 40.0 Å². The molecule has 0 fully saturated rings. The Morgan fingerprint density at radius 2 is 2.00 bits per heavy atom. The zero-order valence-corrected chi connectivity index (χ0v) is 8.55. The van der Waals surface area contributed by atoms with Gasteiger partial charge in [-0.1, -0.05) is 33.6 Å². The minimum absolute atomic E-state index is 0.136. The van der Waals surface area contributed by atoms with Crippen molar-refractivity contribution in [2.24, 2.45) is 5.92 Å². The van der Waals surface area contributed by atoms with Crippen molar-refractivity contribution in [2.45, 2.75) is 46.1 Å². The minimum Gasteiger partial charge on any atom is -0.394 e. The summed E-state index contributed by atoms with van der Waals surface area (Å²) in [5, 5.41) is 8.61. The molecular formula is C10H22O2. The van der Waals surface area contributed by atoms with Gasteiger partial charge in [-0.3, -0.25) is 0 Å². The molecule has 1 N–H and O–H groups in total. The fraction of sp³-hybridized carbons (Fsp3) is 1.00. The van der Waals surface area contributed by atoms with E-state index in [1.807, 2.05) is 0 Å². The summed E-state index contributed by atoms with van der Waals surface area (Å²) in [6.07, 6.45) is 3.75. The lowest BCUT2D eigenvalue weighted by Gasteiger charge is -2.22. The number of aliphatic hydroxyl groups is 1. The maximum absolute atomic E-state index is 8.61. The van der Waals surface area contributed by atoms with Crippen LogP contribution in [0.5, 0.6) is 0 Å². The molecule has 0 heterocycles. The van der Waals surface area contributed by atoms with E-state index in [1.54, 1.807) is 0 Å². The van der Waals surface area contributed by atoms with Crippen LogP contribution >= 0.6 is 0 Å². The second-order valence-electron chi connectivity index (χ2n) is 3.31. The van der Waals surface area contributed by atoms with Gasteiger partial charge in [0.2, 0.25) is 0 Å². The molecule has 2 nitrogen and oxygen atoms in total. The maximum Gasteiger partial charge on any atom is 0.0701 e. The van der Waals surface area contributed by atoms with Gasteiger partial charge in [0, 0.05) is 0 Å². The molecular weight excluding hydrogens is 152 g/mol. The third-order valence-corrected chi connectivity index (χ3v) is 2.28. The summed E-state index contributed by atoms with van der Waals surface area (Å²) in [7, 11) is 0. The van der Waals surface area contributed by atoms with Crippen molar-refractivity contribution in [3.8, 4) is 0 Å². The second kappa shape index (κ2) is 7.56. The minimum atomic E-state index is 0.136. The lowest BCUT2D eigenvalue weighted by atomic mass is 9.98. The van der Waals surface area contributed by atoms with Gasteiger partial charge in [0.15, 0.2) is 0 Å². The van der Waals surface area contributed by atoms with Crippen LogP contribution in [0, 0.1) is 5.92 Å². The molecule has 0 aliphatic carbocycles. The predicted molar refractivity (Wildman–Crippen MR) is 51.2 cm³/mol. The standard InChI is InChI=1S/C10H22O2/c1-4-6-10(9(3)5-2)12-8-7-11/h9-11H,4-8H2,1-3H3. The third-order valence-electron chi connectivity index (χ3n) is 2.28. The first-order valence-corrected chi connectivity index (χ1v) is 4.98. The fourth-order valence-corrected chi connectivity index (χ4v) is 1.28. The highest BCUT2D eigenvalue weighted by Gasteiger charge is 2.14. The normalized spacial score (nSPS) is 16.0. The van der Waals surface area contributed by atoms with Crippen LogP contribution in [0.25, 0.3) is 0 Å². The molecule has 0 aliphatic rings. The molecule has 0 spiro atoms. The molecule has 0 amide bonds. The topological polar surface area (TPSA) is 29.5 Å². The molecule has 0 aromatic carbocycles. The number of rotatable bonds is 7. The lowest BCUT2D eigenvalue weighted by molar-refractivity contribution is -0.00694. The van der Waals surface area contributed by atoms with Gasteiger partial charge in [-0.05, 0) is 12.3 Å². The quantitative estimate of drug-likeness (QED) is 0.641. The van der Waals surface area contributed by atoms with E-state index in [0.29, 0.717) is 18.6 Å². The van der Waals surface area contributed by atoms with E-state index in [-0.39, 0.29) is 6.61 Å². The Balaban J connectivity index is 3.68. The van der Waals surface area contributed by atoms with Crippen LogP contribution in [-0.4, -0.2) is 24.4 Å². The Hall–Kier alpha value is -0.0800. The molecule has 0 radical (unpaired) electrons. The van der Waals surface area contributed by atoms with Gasteiger partial charge in [-0.25, -0.2) is 0 Å². The zero-order valence-electron chi connectivity index (χ0n) is 8.55. The van der Waals surface area contributed by atoms with Crippen LogP contribution in [0.2, 0.25) is 0 Å². The molecule has 0 bridgehead atoms. The van der Waals surface area contributed by atoms with Crippen molar-refractivity contribution < 1.29 is 9.84 Å². The van der Waals surface area contributed by atoms with Crippen LogP contribution in [0.3, 0.4) is 0 Å². The van der Waals surface area contributed by atoms with Crippen molar-refractivity contribution in [2.75, 3.05) is 13.2 Å². The van der Waals surface area contributed by atoms with Gasteiger partial charge >= 0.3 is 0 Å². The van der Waals surface area contributed by atoms with Gasteiger partial charge in [0.25, 0.3) is 0 Å². The van der Waals surface area contributed by atoms with Crippen LogP contribution in [0.15, 0.2) is 0 Å². The van der Waals surface area contributed by atoms with E-state index in [2.05, 4.69) is 20.8 Å². The van der Waals surface area contributed by atoms with Crippen molar-refractivity contribution in [1.29, 1.82) is 0 Å². The maximum atomic E-state index is 8.61. The molecule has 0 aromatic rings. The van der Waals surface area contributed by atoms with Crippen LogP contribution in [-0.2, 0) is 4.74 Å². The van der Waals surface area contributed by atoms with E-state index in [4.69, 9.17) is 9.84 Å². The second-order valence-corrected chi connectivity index (χ2v) is 3.31. The molecule has 0 aliphatic heterocycles. The summed E-state index contributed by atoms with van der Waals surface area (Å²) in [5.41, 5.74) is 0. The van der Waals surface area contributed by atoms with E-state index >= 15 is 0 Å². The zero-order chi connectivity index (χ0) is 9.40. The molecule has 0 saturated carbocycles. The van der Waals surface area contributed by atoms with Crippen LogP contribution < -0.4 is 0 Å². The summed E-state index contributed by atoms with van der Waals surface area (Å²) >= 11 is 0. The van der Waals surface area contributed by atoms with Crippen molar-refractivity contribution >= 4 is 0 Å². The average Bonchev–Trinajstić information content (AvgIpc) is 2.11. The molecule has 12 heavy (non-hydrogen) atoms. The van der Waals surface area contributed by atoms with Gasteiger partial charge < -0.3 is 9.84 Å². The Morgan fingerprint density at radius 1 is 1.33 bits per heavy atom. The smallest absolute Gasteiger partial charge is 0.0701 e. The van der Waals surface area contributed by atoms with Gasteiger partial charge in [-0.15, -0.1) is 0 Å². The summed E-state index contributed by atoms with van der Waals surface area (Å²) in [5.74, 6) is 0.608. The summed E-state index contributed by atoms with van der Waals surface area (Å²) < 4.78 is 5.53. The monoisotopic (exact) mass is 174 g/mol. The van der Waals surface area contributed by atoms with E-state index in [9.17, 15) is 0 Å². The molecule has 0 rings (SSSR count). The van der Waals surface area contributed by atoms with Gasteiger partial charge in [0.1, 0.15) is 0 Å². The highest BCUT2D eigenvalue weighted by Crippen LogP contribution is 2.16. The van der Waals surface area contributed by atoms with Crippen LogP contribution in [0.4, 0.5) is 0 Å². The Kier molecular flexibility index (Phi) is 7.51. The first kappa shape index (κ1) is 11.9. The van der Waals surface area contributed by atoms with E-state index < -0.39 is 0 Å². The Morgan fingerprint density at radius 3 is 2.42 bits per heavy atom. The lowest BCUT2D eigenvalue weighted by Crippen LogP contribution is -2.22. The number of hydrogen-bond donors (Lipinski definition) is 1. The van der Waals surface area contributed by atoms with Gasteiger partial charge in [0.05, 0.1) is 19.3 Å². The SMILES string of the molecule is CCCC(OCCO)C(C)CC. The largest absolute Gasteiger partial charge is 0.394 e.